The average molecular weight is 247 g/mol. The lowest BCUT2D eigenvalue weighted by Crippen LogP contribution is -2.04. The second-order valence-corrected chi connectivity index (χ2v) is 3.58. The molecule has 0 aliphatic carbocycles. The number of halogens is 4. The van der Waals surface area contributed by atoms with E-state index < -0.39 is 11.7 Å². The van der Waals surface area contributed by atoms with Gasteiger partial charge in [0, 0.05) is 5.56 Å². The number of nitrogens with zero attached hydrogens (tertiary/aromatic N) is 1. The van der Waals surface area contributed by atoms with Gasteiger partial charge < -0.3 is 0 Å². The average Bonchev–Trinajstić information content (AvgIpc) is 2.63. The summed E-state index contributed by atoms with van der Waals surface area (Å²) < 4.78 is 36.9. The van der Waals surface area contributed by atoms with E-state index in [0.29, 0.717) is 16.3 Å². The normalized spacial score (nSPS) is 11.8. The SMILES string of the molecule is FC(F)(F)c1ccc(-c2[nH]ncc2Cl)cc1. The highest BCUT2D eigenvalue weighted by atomic mass is 35.5. The predicted molar refractivity (Wildman–Crippen MR) is 54.0 cm³/mol. The fraction of sp³-hybridized carbons (Fsp3) is 0.100. The van der Waals surface area contributed by atoms with Crippen LogP contribution < -0.4 is 0 Å². The van der Waals surface area contributed by atoms with Crippen molar-refractivity contribution in [2.75, 3.05) is 0 Å². The highest BCUT2D eigenvalue weighted by Gasteiger charge is 2.30. The largest absolute Gasteiger partial charge is 0.416 e. The van der Waals surface area contributed by atoms with Gasteiger partial charge in [-0.1, -0.05) is 23.7 Å². The molecule has 0 aliphatic rings. The summed E-state index contributed by atoms with van der Waals surface area (Å²) in [6.07, 6.45) is -2.93. The fourth-order valence-corrected chi connectivity index (χ4v) is 1.50. The lowest BCUT2D eigenvalue weighted by molar-refractivity contribution is -0.137. The van der Waals surface area contributed by atoms with Gasteiger partial charge >= 0.3 is 6.18 Å². The zero-order valence-electron chi connectivity index (χ0n) is 7.85. The minimum Gasteiger partial charge on any atom is -0.276 e. The van der Waals surface area contributed by atoms with Crippen molar-refractivity contribution in [1.29, 1.82) is 0 Å². The first-order valence-electron chi connectivity index (χ1n) is 4.35. The molecule has 1 N–H and O–H groups in total. The smallest absolute Gasteiger partial charge is 0.276 e. The number of hydrogen-bond donors (Lipinski definition) is 1. The molecular formula is C10H6ClF3N2. The van der Waals surface area contributed by atoms with Crippen molar-refractivity contribution in [1.82, 2.24) is 10.2 Å². The Labute approximate surface area is 94.1 Å². The Morgan fingerprint density at radius 3 is 2.19 bits per heavy atom. The number of nitrogens with one attached hydrogen (secondary N) is 1. The molecule has 2 nitrogen and oxygen atoms in total. The van der Waals surface area contributed by atoms with Gasteiger partial charge in [0.1, 0.15) is 0 Å². The van der Waals surface area contributed by atoms with E-state index in [-0.39, 0.29) is 0 Å². The summed E-state index contributed by atoms with van der Waals surface area (Å²) in [5.74, 6) is 0. The Hall–Kier alpha value is -1.49. The molecule has 0 saturated carbocycles. The van der Waals surface area contributed by atoms with E-state index in [2.05, 4.69) is 10.2 Å². The number of aromatic amines is 1. The van der Waals surface area contributed by atoms with Crippen LogP contribution in [0.4, 0.5) is 13.2 Å². The second kappa shape index (κ2) is 3.83. The lowest BCUT2D eigenvalue weighted by atomic mass is 10.1. The van der Waals surface area contributed by atoms with Gasteiger partial charge in [-0.05, 0) is 12.1 Å². The maximum absolute atomic E-state index is 12.3. The zero-order chi connectivity index (χ0) is 11.8. The molecule has 16 heavy (non-hydrogen) atoms. The van der Waals surface area contributed by atoms with Crippen LogP contribution in [0.5, 0.6) is 0 Å². The Kier molecular flexibility index (Phi) is 2.63. The van der Waals surface area contributed by atoms with Gasteiger partial charge in [-0.15, -0.1) is 0 Å². The van der Waals surface area contributed by atoms with Crippen LogP contribution in [0.3, 0.4) is 0 Å². The molecule has 0 atom stereocenters. The molecule has 0 amide bonds. The molecule has 84 valence electrons. The summed E-state index contributed by atoms with van der Waals surface area (Å²) in [4.78, 5) is 0. The first kappa shape index (κ1) is 11.0. The molecular weight excluding hydrogens is 241 g/mol. The molecule has 0 radical (unpaired) electrons. The number of alkyl halides is 3. The monoisotopic (exact) mass is 246 g/mol. The van der Waals surface area contributed by atoms with Crippen molar-refractivity contribution in [2.45, 2.75) is 6.18 Å². The Balaban J connectivity index is 2.37. The molecule has 0 spiro atoms. The van der Waals surface area contributed by atoms with Gasteiger partial charge in [0.15, 0.2) is 0 Å². The number of benzene rings is 1. The van der Waals surface area contributed by atoms with Crippen molar-refractivity contribution in [3.63, 3.8) is 0 Å². The first-order chi connectivity index (χ1) is 7.48. The van der Waals surface area contributed by atoms with Crippen LogP contribution in [0, 0.1) is 0 Å². The molecule has 2 rings (SSSR count). The van der Waals surface area contributed by atoms with Gasteiger partial charge in [0.25, 0.3) is 0 Å². The van der Waals surface area contributed by atoms with E-state index in [1.54, 1.807) is 0 Å². The number of aromatic nitrogens is 2. The molecule has 0 saturated heterocycles. The minimum absolute atomic E-state index is 0.375. The molecule has 2 aromatic rings. The molecule has 6 heteroatoms. The van der Waals surface area contributed by atoms with Crippen molar-refractivity contribution in [2.24, 2.45) is 0 Å². The number of H-pyrrole nitrogens is 1. The van der Waals surface area contributed by atoms with E-state index in [1.807, 2.05) is 0 Å². The molecule has 1 aromatic carbocycles. The van der Waals surface area contributed by atoms with E-state index in [9.17, 15) is 13.2 Å². The summed E-state index contributed by atoms with van der Waals surface area (Å²) >= 11 is 5.79. The highest BCUT2D eigenvalue weighted by Crippen LogP contribution is 2.31. The quantitative estimate of drug-likeness (QED) is 0.816. The van der Waals surface area contributed by atoms with Crippen LogP contribution in [0.15, 0.2) is 30.5 Å². The maximum Gasteiger partial charge on any atom is 0.416 e. The van der Waals surface area contributed by atoms with Crippen LogP contribution in [-0.4, -0.2) is 10.2 Å². The molecule has 1 aromatic heterocycles. The number of rotatable bonds is 1. The number of hydrogen-bond acceptors (Lipinski definition) is 1. The van der Waals surface area contributed by atoms with Gasteiger partial charge in [-0.3, -0.25) is 5.10 Å². The summed E-state index contributed by atoms with van der Waals surface area (Å²) in [5.41, 5.74) is 0.387. The van der Waals surface area contributed by atoms with E-state index >= 15 is 0 Å². The minimum atomic E-state index is -4.32. The van der Waals surface area contributed by atoms with Crippen LogP contribution in [0.2, 0.25) is 5.02 Å². The molecule has 1 heterocycles. The third-order valence-electron chi connectivity index (χ3n) is 2.09. The predicted octanol–water partition coefficient (Wildman–Crippen LogP) is 3.75. The van der Waals surface area contributed by atoms with Crippen LogP contribution in [0.1, 0.15) is 5.56 Å². The standard InChI is InChI=1S/C10H6ClF3N2/c11-8-5-15-16-9(8)6-1-3-7(4-2-6)10(12,13)14/h1-5H,(H,15,16). The Morgan fingerprint density at radius 2 is 1.75 bits per heavy atom. The molecule has 0 bridgehead atoms. The Bertz CT molecular complexity index is 488. The summed E-state index contributed by atoms with van der Waals surface area (Å²) in [7, 11) is 0. The second-order valence-electron chi connectivity index (χ2n) is 3.17. The van der Waals surface area contributed by atoms with Crippen molar-refractivity contribution >= 4 is 11.6 Å². The van der Waals surface area contributed by atoms with Crippen LogP contribution in [-0.2, 0) is 6.18 Å². The zero-order valence-corrected chi connectivity index (χ0v) is 8.60. The summed E-state index contributed by atoms with van der Waals surface area (Å²) in [6.45, 7) is 0. The van der Waals surface area contributed by atoms with Crippen LogP contribution >= 0.6 is 11.6 Å². The maximum atomic E-state index is 12.3. The van der Waals surface area contributed by atoms with Gasteiger partial charge in [0.2, 0.25) is 0 Å². The van der Waals surface area contributed by atoms with E-state index in [1.165, 1.54) is 18.3 Å². The molecule has 0 unspecified atom stereocenters. The topological polar surface area (TPSA) is 28.7 Å². The summed E-state index contributed by atoms with van der Waals surface area (Å²) in [6, 6.07) is 4.71. The van der Waals surface area contributed by atoms with Crippen molar-refractivity contribution < 1.29 is 13.2 Å². The first-order valence-corrected chi connectivity index (χ1v) is 4.73. The Morgan fingerprint density at radius 1 is 1.12 bits per heavy atom. The highest BCUT2D eigenvalue weighted by molar-refractivity contribution is 6.32. The summed E-state index contributed by atoms with van der Waals surface area (Å²) in [5, 5.41) is 6.68. The van der Waals surface area contributed by atoms with Crippen molar-refractivity contribution in [3.8, 4) is 11.3 Å². The lowest BCUT2D eigenvalue weighted by Gasteiger charge is -2.06. The van der Waals surface area contributed by atoms with E-state index in [0.717, 1.165) is 12.1 Å². The molecule has 0 aliphatic heterocycles. The fourth-order valence-electron chi connectivity index (χ4n) is 1.30. The van der Waals surface area contributed by atoms with Gasteiger partial charge in [-0.25, -0.2) is 0 Å². The van der Waals surface area contributed by atoms with Gasteiger partial charge in [0.05, 0.1) is 22.5 Å². The van der Waals surface area contributed by atoms with Crippen LogP contribution in [0.25, 0.3) is 11.3 Å². The third-order valence-corrected chi connectivity index (χ3v) is 2.38. The third kappa shape index (κ3) is 2.04. The molecule has 0 fully saturated rings. The van der Waals surface area contributed by atoms with Crippen molar-refractivity contribution in [3.05, 3.63) is 41.0 Å². The van der Waals surface area contributed by atoms with E-state index in [4.69, 9.17) is 11.6 Å². The van der Waals surface area contributed by atoms with Gasteiger partial charge in [-0.2, -0.15) is 18.3 Å².